The molecule has 2 aromatic heterocycles. The van der Waals surface area contributed by atoms with E-state index in [4.69, 9.17) is 0 Å². The standard InChI is InChI=1S/C16H23N5O/c1-20-13-12(10-17-20)14(22)19-15(18-13)21-9-8-16(11-21)6-4-2-3-5-7-16/h10H,2-9,11H2,1H3,(H,18,19,22). The molecule has 0 atom stereocenters. The second kappa shape index (κ2) is 5.11. The average molecular weight is 301 g/mol. The van der Waals surface area contributed by atoms with E-state index in [1.54, 1.807) is 10.9 Å². The van der Waals surface area contributed by atoms with Crippen molar-refractivity contribution in [2.75, 3.05) is 18.0 Å². The second-order valence-corrected chi connectivity index (χ2v) is 6.98. The van der Waals surface area contributed by atoms with Gasteiger partial charge in [0.15, 0.2) is 5.65 Å². The smallest absolute Gasteiger partial charge is 0.263 e. The topological polar surface area (TPSA) is 66.8 Å². The van der Waals surface area contributed by atoms with Crippen LogP contribution >= 0.6 is 0 Å². The zero-order chi connectivity index (χ0) is 15.2. The quantitative estimate of drug-likeness (QED) is 0.877. The molecule has 1 N–H and O–H groups in total. The van der Waals surface area contributed by atoms with Crippen LogP contribution in [0.1, 0.15) is 44.9 Å². The van der Waals surface area contributed by atoms with Crippen molar-refractivity contribution in [1.29, 1.82) is 0 Å². The van der Waals surface area contributed by atoms with E-state index in [2.05, 4.69) is 20.0 Å². The van der Waals surface area contributed by atoms with Gasteiger partial charge < -0.3 is 4.90 Å². The fraction of sp³-hybridized carbons (Fsp3) is 0.688. The molecule has 0 radical (unpaired) electrons. The molecule has 1 saturated heterocycles. The van der Waals surface area contributed by atoms with Crippen LogP contribution < -0.4 is 10.5 Å². The van der Waals surface area contributed by atoms with Crippen LogP contribution in [-0.4, -0.2) is 32.8 Å². The fourth-order valence-electron chi connectivity index (χ4n) is 4.17. The van der Waals surface area contributed by atoms with Gasteiger partial charge in [-0.3, -0.25) is 14.5 Å². The predicted molar refractivity (Wildman–Crippen MR) is 86.1 cm³/mol. The Balaban J connectivity index is 1.65. The summed E-state index contributed by atoms with van der Waals surface area (Å²) in [5, 5.41) is 4.70. The first-order valence-corrected chi connectivity index (χ1v) is 8.34. The molecule has 0 amide bonds. The highest BCUT2D eigenvalue weighted by atomic mass is 16.1. The van der Waals surface area contributed by atoms with Crippen molar-refractivity contribution in [3.8, 4) is 0 Å². The van der Waals surface area contributed by atoms with Gasteiger partial charge in [-0.15, -0.1) is 0 Å². The van der Waals surface area contributed by atoms with Crippen molar-refractivity contribution in [3.63, 3.8) is 0 Å². The molecule has 118 valence electrons. The molecule has 6 heteroatoms. The first kappa shape index (κ1) is 13.8. The van der Waals surface area contributed by atoms with Gasteiger partial charge in [0, 0.05) is 20.1 Å². The number of anilines is 1. The highest BCUT2D eigenvalue weighted by molar-refractivity contribution is 5.74. The van der Waals surface area contributed by atoms with Crippen LogP contribution in [0.2, 0.25) is 0 Å². The minimum absolute atomic E-state index is 0.0880. The predicted octanol–water partition coefficient (Wildman–Crippen LogP) is 2.21. The maximum atomic E-state index is 12.2. The van der Waals surface area contributed by atoms with E-state index in [1.165, 1.54) is 44.9 Å². The molecular formula is C16H23N5O. The molecule has 2 aromatic rings. The highest BCUT2D eigenvalue weighted by Crippen LogP contribution is 2.43. The summed E-state index contributed by atoms with van der Waals surface area (Å²) in [6.45, 7) is 2.02. The molecule has 1 saturated carbocycles. The summed E-state index contributed by atoms with van der Waals surface area (Å²) in [5.41, 5.74) is 1.02. The number of H-pyrrole nitrogens is 1. The van der Waals surface area contributed by atoms with Gasteiger partial charge in [-0.2, -0.15) is 10.1 Å². The van der Waals surface area contributed by atoms with Gasteiger partial charge in [0.25, 0.3) is 5.56 Å². The molecule has 2 aliphatic rings. The number of nitrogens with zero attached hydrogens (tertiary/aromatic N) is 4. The Morgan fingerprint density at radius 1 is 1.18 bits per heavy atom. The summed E-state index contributed by atoms with van der Waals surface area (Å²) in [7, 11) is 1.83. The van der Waals surface area contributed by atoms with E-state index < -0.39 is 0 Å². The molecule has 1 spiro atoms. The molecule has 0 unspecified atom stereocenters. The van der Waals surface area contributed by atoms with Gasteiger partial charge in [-0.05, 0) is 24.7 Å². The highest BCUT2D eigenvalue weighted by Gasteiger charge is 2.38. The summed E-state index contributed by atoms with van der Waals surface area (Å²) in [6.07, 6.45) is 10.9. The monoisotopic (exact) mass is 301 g/mol. The lowest BCUT2D eigenvalue weighted by Crippen LogP contribution is -2.29. The molecule has 0 aromatic carbocycles. The van der Waals surface area contributed by atoms with E-state index in [0.717, 1.165) is 13.1 Å². The molecule has 22 heavy (non-hydrogen) atoms. The van der Waals surface area contributed by atoms with Crippen molar-refractivity contribution in [2.45, 2.75) is 44.9 Å². The Morgan fingerprint density at radius 2 is 1.95 bits per heavy atom. The van der Waals surface area contributed by atoms with Gasteiger partial charge in [-0.1, -0.05) is 25.7 Å². The van der Waals surface area contributed by atoms with Crippen LogP contribution in [0.3, 0.4) is 0 Å². The molecule has 1 aliphatic carbocycles. The van der Waals surface area contributed by atoms with Crippen molar-refractivity contribution in [3.05, 3.63) is 16.6 Å². The Hall–Kier alpha value is -1.85. The zero-order valence-corrected chi connectivity index (χ0v) is 13.1. The van der Waals surface area contributed by atoms with E-state index in [9.17, 15) is 4.79 Å². The first-order valence-electron chi connectivity index (χ1n) is 8.34. The van der Waals surface area contributed by atoms with E-state index in [0.29, 0.717) is 22.4 Å². The lowest BCUT2D eigenvalue weighted by atomic mass is 9.80. The number of aryl methyl sites for hydroxylation is 1. The number of fused-ring (bicyclic) bond motifs is 1. The van der Waals surface area contributed by atoms with Crippen molar-refractivity contribution >= 4 is 17.0 Å². The minimum Gasteiger partial charge on any atom is -0.342 e. The Morgan fingerprint density at radius 3 is 2.73 bits per heavy atom. The normalized spacial score (nSPS) is 21.6. The Labute approximate surface area is 129 Å². The molecule has 1 aliphatic heterocycles. The van der Waals surface area contributed by atoms with E-state index in [-0.39, 0.29) is 5.56 Å². The van der Waals surface area contributed by atoms with Crippen molar-refractivity contribution < 1.29 is 0 Å². The summed E-state index contributed by atoms with van der Waals surface area (Å²) >= 11 is 0. The molecule has 4 rings (SSSR count). The van der Waals surface area contributed by atoms with Gasteiger partial charge in [0.1, 0.15) is 5.39 Å². The maximum Gasteiger partial charge on any atom is 0.263 e. The number of aromatic nitrogens is 4. The number of rotatable bonds is 1. The zero-order valence-electron chi connectivity index (χ0n) is 13.1. The maximum absolute atomic E-state index is 12.2. The molecule has 6 nitrogen and oxygen atoms in total. The van der Waals surface area contributed by atoms with Crippen LogP contribution in [0.5, 0.6) is 0 Å². The van der Waals surface area contributed by atoms with Crippen LogP contribution in [0.15, 0.2) is 11.0 Å². The lowest BCUT2D eigenvalue weighted by molar-refractivity contribution is 0.280. The fourth-order valence-corrected chi connectivity index (χ4v) is 4.17. The third kappa shape index (κ3) is 2.21. The van der Waals surface area contributed by atoms with Crippen molar-refractivity contribution in [2.24, 2.45) is 12.5 Å². The van der Waals surface area contributed by atoms with Gasteiger partial charge in [0.2, 0.25) is 5.95 Å². The Bertz CT molecular complexity index is 739. The third-order valence-corrected chi connectivity index (χ3v) is 5.49. The number of aromatic amines is 1. The summed E-state index contributed by atoms with van der Waals surface area (Å²) < 4.78 is 1.67. The van der Waals surface area contributed by atoms with E-state index >= 15 is 0 Å². The van der Waals surface area contributed by atoms with Crippen LogP contribution in [0.25, 0.3) is 11.0 Å². The van der Waals surface area contributed by atoms with Crippen LogP contribution in [-0.2, 0) is 7.05 Å². The molecular weight excluding hydrogens is 278 g/mol. The lowest BCUT2D eigenvalue weighted by Gasteiger charge is -2.27. The number of hydrogen-bond acceptors (Lipinski definition) is 4. The van der Waals surface area contributed by atoms with Crippen LogP contribution in [0.4, 0.5) is 5.95 Å². The van der Waals surface area contributed by atoms with Gasteiger partial charge in [-0.25, -0.2) is 0 Å². The largest absolute Gasteiger partial charge is 0.342 e. The molecule has 0 bridgehead atoms. The van der Waals surface area contributed by atoms with Gasteiger partial charge >= 0.3 is 0 Å². The summed E-state index contributed by atoms with van der Waals surface area (Å²) in [5.74, 6) is 0.710. The average Bonchev–Trinajstić information content (AvgIpc) is 3.00. The second-order valence-electron chi connectivity index (χ2n) is 6.98. The number of hydrogen-bond donors (Lipinski definition) is 1. The minimum atomic E-state index is -0.0880. The van der Waals surface area contributed by atoms with Crippen molar-refractivity contribution in [1.82, 2.24) is 19.7 Å². The van der Waals surface area contributed by atoms with Gasteiger partial charge in [0.05, 0.1) is 6.20 Å². The SMILES string of the molecule is Cn1ncc2c(=O)[nH]c(N3CCC4(CCCCCC4)C3)nc21. The number of nitrogens with one attached hydrogen (secondary N) is 1. The summed E-state index contributed by atoms with van der Waals surface area (Å²) in [6, 6.07) is 0. The molecule has 2 fully saturated rings. The molecule has 3 heterocycles. The summed E-state index contributed by atoms with van der Waals surface area (Å²) in [4.78, 5) is 22.1. The van der Waals surface area contributed by atoms with Crippen LogP contribution in [0, 0.1) is 5.41 Å². The Kier molecular flexibility index (Phi) is 3.20. The first-order chi connectivity index (χ1) is 10.7. The third-order valence-electron chi connectivity index (χ3n) is 5.49. The van der Waals surface area contributed by atoms with E-state index in [1.807, 2.05) is 7.05 Å².